The van der Waals surface area contributed by atoms with Crippen LogP contribution in [0.4, 0.5) is 11.5 Å². The molecule has 0 saturated heterocycles. The van der Waals surface area contributed by atoms with E-state index in [2.05, 4.69) is 60.9 Å². The molecule has 0 bridgehead atoms. The highest BCUT2D eigenvalue weighted by atomic mass is 16.5. The topological polar surface area (TPSA) is 61.8 Å². The van der Waals surface area contributed by atoms with Crippen molar-refractivity contribution in [2.24, 2.45) is 0 Å². The van der Waals surface area contributed by atoms with Crippen LogP contribution in [-0.4, -0.2) is 67.7 Å². The summed E-state index contributed by atoms with van der Waals surface area (Å²) in [6.45, 7) is 10.3. The van der Waals surface area contributed by atoms with Gasteiger partial charge in [-0.25, -0.2) is 9.97 Å². The van der Waals surface area contributed by atoms with Crippen molar-refractivity contribution >= 4 is 17.4 Å². The molecule has 7 nitrogen and oxygen atoms in total. The molecule has 0 spiro atoms. The van der Waals surface area contributed by atoms with Gasteiger partial charge in [0.1, 0.15) is 23.0 Å². The Morgan fingerprint density at radius 3 is 2.64 bits per heavy atom. The van der Waals surface area contributed by atoms with Crippen LogP contribution in [0.3, 0.4) is 0 Å². The van der Waals surface area contributed by atoms with E-state index in [1.165, 1.54) is 24.8 Å². The second kappa shape index (κ2) is 16.0. The van der Waals surface area contributed by atoms with Gasteiger partial charge in [-0.3, -0.25) is 4.79 Å². The number of benzene rings is 1. The zero-order chi connectivity index (χ0) is 28.0. The Balaban J connectivity index is 0.00000134. The summed E-state index contributed by atoms with van der Waals surface area (Å²) >= 11 is 0. The number of nitrogens with zero attached hydrogens (tertiary/aromatic N) is 5. The number of aromatic nitrogens is 2. The molecule has 39 heavy (non-hydrogen) atoms. The molecule has 0 N–H and O–H groups in total. The van der Waals surface area contributed by atoms with Gasteiger partial charge in [-0.2, -0.15) is 0 Å². The Bertz CT molecular complexity index is 1110. The predicted molar refractivity (Wildman–Crippen MR) is 162 cm³/mol. The SMILES string of the molecule is CCC.CCCc1ncc2c(n1)N(C)CCN(c1cccc(OCCCN(C)CCC3=CCCC=C3)c1)C2=O. The van der Waals surface area contributed by atoms with E-state index in [4.69, 9.17) is 4.74 Å². The Morgan fingerprint density at radius 2 is 1.90 bits per heavy atom. The number of carbonyl (C=O) groups excluding carboxylic acids is 1. The van der Waals surface area contributed by atoms with Gasteiger partial charge in [-0.1, -0.05) is 57.1 Å². The lowest BCUT2D eigenvalue weighted by Gasteiger charge is -2.22. The number of allylic oxidation sites excluding steroid dienone is 3. The van der Waals surface area contributed by atoms with Gasteiger partial charge < -0.3 is 19.4 Å². The molecule has 1 aromatic carbocycles. The van der Waals surface area contributed by atoms with Crippen LogP contribution in [0, 0.1) is 0 Å². The quantitative estimate of drug-likeness (QED) is 0.316. The van der Waals surface area contributed by atoms with Gasteiger partial charge in [0.15, 0.2) is 0 Å². The number of hydrogen-bond donors (Lipinski definition) is 0. The molecule has 1 aliphatic carbocycles. The van der Waals surface area contributed by atoms with Crippen LogP contribution in [0.1, 0.15) is 75.5 Å². The first-order valence-corrected chi connectivity index (χ1v) is 14.6. The zero-order valence-electron chi connectivity index (χ0n) is 24.7. The highest BCUT2D eigenvalue weighted by molar-refractivity contribution is 6.09. The normalized spacial score (nSPS) is 14.9. The van der Waals surface area contributed by atoms with Crippen LogP contribution in [0.2, 0.25) is 0 Å². The molecule has 0 radical (unpaired) electrons. The number of anilines is 2. The van der Waals surface area contributed by atoms with Gasteiger partial charge in [0.25, 0.3) is 5.91 Å². The van der Waals surface area contributed by atoms with Crippen LogP contribution in [0.5, 0.6) is 5.75 Å². The first kappa shape index (κ1) is 30.4. The summed E-state index contributed by atoms with van der Waals surface area (Å²) in [6, 6.07) is 7.83. The summed E-state index contributed by atoms with van der Waals surface area (Å²) in [7, 11) is 4.15. The molecule has 0 atom stereocenters. The lowest BCUT2D eigenvalue weighted by Crippen LogP contribution is -2.33. The van der Waals surface area contributed by atoms with Crippen molar-refractivity contribution in [3.8, 4) is 5.75 Å². The first-order valence-electron chi connectivity index (χ1n) is 14.6. The summed E-state index contributed by atoms with van der Waals surface area (Å²) in [6.07, 6.45) is 16.0. The molecule has 7 heteroatoms. The molecular formula is C32H47N5O2. The molecule has 0 saturated carbocycles. The fourth-order valence-electron chi connectivity index (χ4n) is 4.59. The molecule has 0 unspecified atom stereocenters. The summed E-state index contributed by atoms with van der Waals surface area (Å²) in [4.78, 5) is 28.8. The Kier molecular flexibility index (Phi) is 12.5. The van der Waals surface area contributed by atoms with Crippen LogP contribution in [0.15, 0.2) is 54.3 Å². The van der Waals surface area contributed by atoms with E-state index >= 15 is 0 Å². The molecule has 2 aromatic rings. The van der Waals surface area contributed by atoms with Gasteiger partial charge in [0.2, 0.25) is 0 Å². The maximum absolute atomic E-state index is 13.4. The molecule has 0 fully saturated rings. The molecule has 1 aromatic heterocycles. The monoisotopic (exact) mass is 533 g/mol. The van der Waals surface area contributed by atoms with Crippen molar-refractivity contribution in [3.05, 3.63) is 65.7 Å². The molecule has 2 heterocycles. The van der Waals surface area contributed by atoms with Crippen LogP contribution < -0.4 is 14.5 Å². The number of likely N-dealkylation sites (N-methyl/N-ethyl adjacent to an activating group) is 1. The maximum Gasteiger partial charge on any atom is 0.263 e. The van der Waals surface area contributed by atoms with E-state index in [9.17, 15) is 4.79 Å². The van der Waals surface area contributed by atoms with E-state index in [-0.39, 0.29) is 5.91 Å². The average molecular weight is 534 g/mol. The minimum Gasteiger partial charge on any atom is -0.493 e. The molecule has 4 rings (SSSR count). The summed E-state index contributed by atoms with van der Waals surface area (Å²) in [5, 5.41) is 0. The van der Waals surface area contributed by atoms with Crippen molar-refractivity contribution in [1.82, 2.24) is 14.9 Å². The van der Waals surface area contributed by atoms with Gasteiger partial charge in [-0.05, 0) is 51.3 Å². The average Bonchev–Trinajstić information content (AvgIpc) is 3.07. The standard InChI is InChI=1S/C29H39N5O2.C3H8/c1-4-10-27-30-22-26-28(31-27)33(3)18-19-34(29(26)35)24-13-8-14-25(21-24)36-20-9-16-32(2)17-15-23-11-6-5-7-12-23;1-3-2/h6,8,11-14,21-22H,4-5,7,9-10,15-20H2,1-3H3;3H2,1-2H3. The van der Waals surface area contributed by atoms with Crippen molar-refractivity contribution in [2.75, 3.05) is 56.7 Å². The van der Waals surface area contributed by atoms with Gasteiger partial charge in [0, 0.05) is 57.6 Å². The van der Waals surface area contributed by atoms with Crippen molar-refractivity contribution < 1.29 is 9.53 Å². The third-order valence-electron chi connectivity index (χ3n) is 6.72. The van der Waals surface area contributed by atoms with Crippen molar-refractivity contribution in [3.63, 3.8) is 0 Å². The number of rotatable bonds is 11. The number of ether oxygens (including phenoxy) is 1. The number of aryl methyl sites for hydroxylation is 1. The van der Waals surface area contributed by atoms with E-state index in [0.717, 1.165) is 56.0 Å². The molecule has 1 amide bonds. The highest BCUT2D eigenvalue weighted by Gasteiger charge is 2.28. The Labute approximate surface area is 235 Å². The van der Waals surface area contributed by atoms with Crippen molar-refractivity contribution in [2.45, 2.75) is 65.7 Å². The van der Waals surface area contributed by atoms with Crippen molar-refractivity contribution in [1.29, 1.82) is 0 Å². The van der Waals surface area contributed by atoms with E-state index in [1.54, 1.807) is 11.1 Å². The summed E-state index contributed by atoms with van der Waals surface area (Å²) < 4.78 is 6.06. The summed E-state index contributed by atoms with van der Waals surface area (Å²) in [5.74, 6) is 2.22. The fourth-order valence-corrected chi connectivity index (χ4v) is 4.59. The second-order valence-corrected chi connectivity index (χ2v) is 10.4. The first-order chi connectivity index (χ1) is 19.0. The van der Waals surface area contributed by atoms with E-state index < -0.39 is 0 Å². The Morgan fingerprint density at radius 1 is 1.08 bits per heavy atom. The minimum atomic E-state index is -0.0703. The zero-order valence-corrected chi connectivity index (χ0v) is 24.7. The van der Waals surface area contributed by atoms with Crippen LogP contribution >= 0.6 is 0 Å². The lowest BCUT2D eigenvalue weighted by molar-refractivity contribution is 0.0989. The lowest BCUT2D eigenvalue weighted by atomic mass is 10.0. The molecule has 2 aliphatic rings. The van der Waals surface area contributed by atoms with Gasteiger partial charge in [0.05, 0.1) is 6.61 Å². The van der Waals surface area contributed by atoms with Crippen LogP contribution in [-0.2, 0) is 6.42 Å². The van der Waals surface area contributed by atoms with E-state index in [0.29, 0.717) is 31.1 Å². The third kappa shape index (κ3) is 9.20. The number of amides is 1. The molecule has 1 aliphatic heterocycles. The highest BCUT2D eigenvalue weighted by Crippen LogP contribution is 2.28. The smallest absolute Gasteiger partial charge is 0.263 e. The number of carbonyl (C=O) groups is 1. The molecule has 212 valence electrons. The number of hydrogen-bond acceptors (Lipinski definition) is 6. The van der Waals surface area contributed by atoms with Gasteiger partial charge >= 0.3 is 0 Å². The van der Waals surface area contributed by atoms with E-state index in [1.807, 2.05) is 36.2 Å². The van der Waals surface area contributed by atoms with Crippen LogP contribution in [0.25, 0.3) is 0 Å². The van der Waals surface area contributed by atoms with Gasteiger partial charge in [-0.15, -0.1) is 0 Å². The second-order valence-electron chi connectivity index (χ2n) is 10.4. The third-order valence-corrected chi connectivity index (χ3v) is 6.72. The number of fused-ring (bicyclic) bond motifs is 1. The maximum atomic E-state index is 13.4. The minimum absolute atomic E-state index is 0.0703. The summed E-state index contributed by atoms with van der Waals surface area (Å²) in [5.41, 5.74) is 2.83. The molecular weight excluding hydrogens is 486 g/mol. The Hall–Kier alpha value is -3.19. The fraction of sp³-hybridized carbons (Fsp3) is 0.531. The largest absolute Gasteiger partial charge is 0.493 e. The predicted octanol–water partition coefficient (Wildman–Crippen LogP) is 6.31.